The second-order valence-electron chi connectivity index (χ2n) is 10.6. The van der Waals surface area contributed by atoms with Gasteiger partial charge in [0, 0.05) is 0 Å². The van der Waals surface area contributed by atoms with Crippen LogP contribution >= 0.6 is 0 Å². The van der Waals surface area contributed by atoms with E-state index in [9.17, 15) is 0 Å². The predicted octanol–water partition coefficient (Wildman–Crippen LogP) is 8.11. The first-order valence-corrected chi connectivity index (χ1v) is 11.4. The van der Waals surface area contributed by atoms with Crippen LogP contribution in [0, 0.1) is 35.0 Å². The molecule has 26 heavy (non-hydrogen) atoms. The summed E-state index contributed by atoms with van der Waals surface area (Å²) in [7, 11) is 0. The lowest BCUT2D eigenvalue weighted by atomic mass is 9.60. The third-order valence-electron chi connectivity index (χ3n) is 8.03. The summed E-state index contributed by atoms with van der Waals surface area (Å²) in [6.45, 7) is 16.7. The van der Waals surface area contributed by atoms with E-state index in [1.165, 1.54) is 68.9 Å². The van der Waals surface area contributed by atoms with Gasteiger partial charge in [0.1, 0.15) is 0 Å². The van der Waals surface area contributed by atoms with E-state index in [0.717, 1.165) is 29.6 Å². The van der Waals surface area contributed by atoms with Crippen LogP contribution in [0.25, 0.3) is 0 Å². The Labute approximate surface area is 163 Å². The minimum absolute atomic E-state index is 0.549. The second kappa shape index (κ2) is 8.07. The van der Waals surface area contributed by atoms with Crippen molar-refractivity contribution in [3.8, 4) is 0 Å². The molecule has 0 aromatic carbocycles. The van der Waals surface area contributed by atoms with Gasteiger partial charge in [0.15, 0.2) is 0 Å². The van der Waals surface area contributed by atoms with Crippen LogP contribution in [0.5, 0.6) is 0 Å². The molecule has 0 aliphatic heterocycles. The molecule has 0 amide bonds. The predicted molar refractivity (Wildman–Crippen MR) is 115 cm³/mol. The lowest BCUT2D eigenvalue weighted by Gasteiger charge is -2.44. The standard InChI is InChI=1S/C26H42/c1-18(2)16-21(5)24-13-14-25-22(8-7-15-26(24,25)6)11-12-23-17-19(3)9-10-20(23)4/h11-12,18-19,21,24-25H,4,7-10,13-17H2,1-3,5-6H3/b22-11+,23-12-. The smallest absolute Gasteiger partial charge is 0.0143 e. The van der Waals surface area contributed by atoms with Gasteiger partial charge in [-0.3, -0.25) is 0 Å². The molecule has 0 N–H and O–H groups in total. The Morgan fingerprint density at radius 1 is 1.12 bits per heavy atom. The summed E-state index contributed by atoms with van der Waals surface area (Å²) >= 11 is 0. The Kier molecular flexibility index (Phi) is 6.20. The van der Waals surface area contributed by atoms with E-state index in [1.54, 1.807) is 5.57 Å². The van der Waals surface area contributed by atoms with Crippen LogP contribution in [0.1, 0.15) is 92.4 Å². The summed E-state index contributed by atoms with van der Waals surface area (Å²) in [6.07, 6.45) is 17.2. The van der Waals surface area contributed by atoms with Gasteiger partial charge in [-0.05, 0) is 98.4 Å². The number of rotatable bonds is 4. The van der Waals surface area contributed by atoms with Crippen molar-refractivity contribution in [2.45, 2.75) is 92.4 Å². The molecule has 5 atom stereocenters. The van der Waals surface area contributed by atoms with E-state index < -0.39 is 0 Å². The van der Waals surface area contributed by atoms with E-state index in [0.29, 0.717) is 5.41 Å². The fraction of sp³-hybridized carbons (Fsp3) is 0.769. The molecule has 0 spiro atoms. The molecule has 3 aliphatic rings. The largest absolute Gasteiger partial charge is 0.0956 e. The maximum atomic E-state index is 4.34. The maximum absolute atomic E-state index is 4.34. The first kappa shape index (κ1) is 20.0. The SMILES string of the molecule is C=C1CCC(C)C/C1=C/C=C1\CCCC2(C)C1CCC2C(C)CC(C)C. The number of fused-ring (bicyclic) bond motifs is 1. The first-order valence-electron chi connectivity index (χ1n) is 11.4. The summed E-state index contributed by atoms with van der Waals surface area (Å²) in [5.41, 5.74) is 5.24. The molecule has 3 saturated carbocycles. The van der Waals surface area contributed by atoms with Gasteiger partial charge in [0.05, 0.1) is 0 Å². The fourth-order valence-corrected chi connectivity index (χ4v) is 6.72. The first-order chi connectivity index (χ1) is 12.3. The molecule has 0 heterocycles. The van der Waals surface area contributed by atoms with Gasteiger partial charge in [0.2, 0.25) is 0 Å². The average molecular weight is 355 g/mol. The van der Waals surface area contributed by atoms with Crippen LogP contribution in [0.4, 0.5) is 0 Å². The molecule has 0 aromatic rings. The van der Waals surface area contributed by atoms with Crippen LogP contribution in [-0.4, -0.2) is 0 Å². The van der Waals surface area contributed by atoms with Crippen molar-refractivity contribution >= 4 is 0 Å². The zero-order valence-corrected chi connectivity index (χ0v) is 18.1. The monoisotopic (exact) mass is 354 g/mol. The molecular formula is C26H42. The van der Waals surface area contributed by atoms with Crippen molar-refractivity contribution in [3.05, 3.63) is 35.5 Å². The van der Waals surface area contributed by atoms with Crippen LogP contribution in [0.3, 0.4) is 0 Å². The lowest BCUT2D eigenvalue weighted by Crippen LogP contribution is -2.36. The third-order valence-corrected chi connectivity index (χ3v) is 8.03. The molecule has 3 aliphatic carbocycles. The Bertz CT molecular complexity index is 575. The summed E-state index contributed by atoms with van der Waals surface area (Å²) in [5.74, 6) is 4.30. The zero-order valence-electron chi connectivity index (χ0n) is 18.1. The van der Waals surface area contributed by atoms with E-state index in [4.69, 9.17) is 0 Å². The van der Waals surface area contributed by atoms with E-state index in [2.05, 4.69) is 53.3 Å². The minimum atomic E-state index is 0.549. The normalized spacial score (nSPS) is 39.6. The zero-order chi connectivity index (χ0) is 18.9. The number of hydrogen-bond donors (Lipinski definition) is 0. The lowest BCUT2D eigenvalue weighted by molar-refractivity contribution is 0.0893. The summed E-state index contributed by atoms with van der Waals surface area (Å²) in [5, 5.41) is 0. The molecule has 0 bridgehead atoms. The molecule has 3 fully saturated rings. The quantitative estimate of drug-likeness (QED) is 0.478. The van der Waals surface area contributed by atoms with Gasteiger partial charge in [-0.15, -0.1) is 0 Å². The highest BCUT2D eigenvalue weighted by molar-refractivity contribution is 5.36. The third kappa shape index (κ3) is 4.05. The highest BCUT2D eigenvalue weighted by Crippen LogP contribution is 2.60. The summed E-state index contributed by atoms with van der Waals surface area (Å²) < 4.78 is 0. The van der Waals surface area contributed by atoms with Gasteiger partial charge in [-0.1, -0.05) is 64.5 Å². The summed E-state index contributed by atoms with van der Waals surface area (Å²) in [6, 6.07) is 0. The van der Waals surface area contributed by atoms with E-state index in [1.807, 2.05) is 0 Å². The molecule has 146 valence electrons. The molecule has 0 heteroatoms. The van der Waals surface area contributed by atoms with Gasteiger partial charge >= 0.3 is 0 Å². The van der Waals surface area contributed by atoms with Crippen LogP contribution in [0.15, 0.2) is 35.5 Å². The molecule has 0 radical (unpaired) electrons. The fourth-order valence-electron chi connectivity index (χ4n) is 6.72. The number of allylic oxidation sites excluding steroid dienone is 5. The van der Waals surface area contributed by atoms with Gasteiger partial charge in [-0.25, -0.2) is 0 Å². The Hall–Kier alpha value is -0.780. The highest BCUT2D eigenvalue weighted by Gasteiger charge is 2.50. The van der Waals surface area contributed by atoms with Crippen molar-refractivity contribution in [3.63, 3.8) is 0 Å². The minimum Gasteiger partial charge on any atom is -0.0956 e. The molecule has 0 nitrogen and oxygen atoms in total. The van der Waals surface area contributed by atoms with Crippen molar-refractivity contribution in [1.29, 1.82) is 0 Å². The second-order valence-corrected chi connectivity index (χ2v) is 10.6. The van der Waals surface area contributed by atoms with Crippen molar-refractivity contribution in [2.24, 2.45) is 35.0 Å². The van der Waals surface area contributed by atoms with Gasteiger partial charge in [0.25, 0.3) is 0 Å². The van der Waals surface area contributed by atoms with E-state index in [-0.39, 0.29) is 0 Å². The van der Waals surface area contributed by atoms with Gasteiger partial charge in [-0.2, -0.15) is 0 Å². The van der Waals surface area contributed by atoms with Gasteiger partial charge < -0.3 is 0 Å². The Morgan fingerprint density at radius 2 is 1.88 bits per heavy atom. The highest BCUT2D eigenvalue weighted by atomic mass is 14.5. The topological polar surface area (TPSA) is 0 Å². The molecular weight excluding hydrogens is 312 g/mol. The molecule has 3 rings (SSSR count). The molecule has 0 aromatic heterocycles. The molecule has 0 saturated heterocycles. The van der Waals surface area contributed by atoms with Crippen LogP contribution in [0.2, 0.25) is 0 Å². The van der Waals surface area contributed by atoms with E-state index >= 15 is 0 Å². The summed E-state index contributed by atoms with van der Waals surface area (Å²) in [4.78, 5) is 0. The van der Waals surface area contributed by atoms with Crippen LogP contribution < -0.4 is 0 Å². The van der Waals surface area contributed by atoms with Crippen molar-refractivity contribution in [2.75, 3.05) is 0 Å². The Morgan fingerprint density at radius 3 is 2.62 bits per heavy atom. The Balaban J connectivity index is 1.78. The molecule has 5 unspecified atom stereocenters. The number of hydrogen-bond acceptors (Lipinski definition) is 0. The van der Waals surface area contributed by atoms with Crippen LogP contribution in [-0.2, 0) is 0 Å². The average Bonchev–Trinajstić information content (AvgIpc) is 2.92. The maximum Gasteiger partial charge on any atom is -0.0143 e. The van der Waals surface area contributed by atoms with Crippen molar-refractivity contribution < 1.29 is 0 Å². The van der Waals surface area contributed by atoms with Crippen molar-refractivity contribution in [1.82, 2.24) is 0 Å².